The van der Waals surface area contributed by atoms with E-state index in [4.69, 9.17) is 11.6 Å². The number of aromatic nitrogens is 3. The summed E-state index contributed by atoms with van der Waals surface area (Å²) in [4.78, 5) is 29.2. The molecule has 1 atom stereocenters. The topological polar surface area (TPSA) is 83.0 Å². The number of fused-ring (bicyclic) bond motifs is 1. The average molecular weight is 518 g/mol. The van der Waals surface area contributed by atoms with E-state index in [-0.39, 0.29) is 5.78 Å². The van der Waals surface area contributed by atoms with Crippen molar-refractivity contribution in [3.05, 3.63) is 77.3 Å². The van der Waals surface area contributed by atoms with E-state index < -0.39 is 0 Å². The number of rotatable bonds is 13. The van der Waals surface area contributed by atoms with E-state index in [1.807, 2.05) is 38.1 Å². The molecule has 2 aromatic heterocycles. The van der Waals surface area contributed by atoms with Gasteiger partial charge in [-0.25, -0.2) is 9.97 Å². The molecule has 6 nitrogen and oxygen atoms in total. The van der Waals surface area contributed by atoms with Crippen molar-refractivity contribution in [2.45, 2.75) is 59.8 Å². The van der Waals surface area contributed by atoms with Gasteiger partial charge in [-0.1, -0.05) is 62.9 Å². The van der Waals surface area contributed by atoms with Gasteiger partial charge in [0.05, 0.1) is 27.6 Å². The Hall–Kier alpha value is -3.51. The summed E-state index contributed by atoms with van der Waals surface area (Å²) in [5.41, 5.74) is 4.19. The summed E-state index contributed by atoms with van der Waals surface area (Å²) in [6.45, 7) is 12.1. The van der Waals surface area contributed by atoms with Gasteiger partial charge in [-0.15, -0.1) is 0 Å². The van der Waals surface area contributed by atoms with Crippen LogP contribution in [-0.2, 0) is 0 Å². The molecule has 37 heavy (non-hydrogen) atoms. The predicted octanol–water partition coefficient (Wildman–Crippen LogP) is 8.71. The third-order valence-corrected chi connectivity index (χ3v) is 6.35. The Labute approximate surface area is 224 Å². The Morgan fingerprint density at radius 3 is 2.78 bits per heavy atom. The summed E-state index contributed by atoms with van der Waals surface area (Å²) in [6, 6.07) is 7.33. The molecule has 194 valence electrons. The number of halogens is 1. The number of hydrogen-bond acceptors (Lipinski definition) is 5. The normalized spacial score (nSPS) is 13.1. The lowest BCUT2D eigenvalue weighted by Gasteiger charge is -2.11. The van der Waals surface area contributed by atoms with Crippen LogP contribution in [0.5, 0.6) is 0 Å². The number of nitrogens with zero attached hydrogens (tertiary/aromatic N) is 3. The number of aliphatic imine (C=N–C) groups is 1. The molecule has 0 saturated carbocycles. The monoisotopic (exact) mass is 517 g/mol. The summed E-state index contributed by atoms with van der Waals surface area (Å²) in [7, 11) is 0. The Morgan fingerprint density at radius 2 is 2.08 bits per heavy atom. The van der Waals surface area contributed by atoms with Gasteiger partial charge < -0.3 is 10.3 Å². The average Bonchev–Trinajstić information content (AvgIpc) is 3.30. The van der Waals surface area contributed by atoms with Crippen LogP contribution in [0.4, 0.5) is 11.6 Å². The van der Waals surface area contributed by atoms with Crippen LogP contribution in [0.3, 0.4) is 0 Å². The summed E-state index contributed by atoms with van der Waals surface area (Å²) in [6.07, 6.45) is 14.5. The second-order valence-corrected chi connectivity index (χ2v) is 9.57. The van der Waals surface area contributed by atoms with Crippen molar-refractivity contribution in [1.29, 1.82) is 0 Å². The molecule has 0 aliphatic carbocycles. The summed E-state index contributed by atoms with van der Waals surface area (Å²) in [5, 5.41) is 4.55. The van der Waals surface area contributed by atoms with Crippen molar-refractivity contribution in [3.8, 4) is 0 Å². The maximum atomic E-state index is 12.8. The zero-order valence-electron chi connectivity index (χ0n) is 22.1. The number of benzene rings is 1. The summed E-state index contributed by atoms with van der Waals surface area (Å²) in [5.74, 6) is 1.07. The van der Waals surface area contributed by atoms with Crippen molar-refractivity contribution in [1.82, 2.24) is 15.0 Å². The van der Waals surface area contributed by atoms with E-state index in [9.17, 15) is 4.79 Å². The third-order valence-electron chi connectivity index (χ3n) is 6.06. The minimum absolute atomic E-state index is 0.0605. The number of aromatic amines is 1. The van der Waals surface area contributed by atoms with Crippen LogP contribution in [0.1, 0.15) is 76.0 Å². The lowest BCUT2D eigenvalue weighted by molar-refractivity contribution is 0.104. The number of carbonyl (C=O) groups excluding carboxylic acids is 1. The van der Waals surface area contributed by atoms with Gasteiger partial charge in [-0.2, -0.15) is 0 Å². The molecule has 0 spiro atoms. The number of nitrogens with one attached hydrogen (secondary N) is 2. The molecule has 1 unspecified atom stereocenters. The Bertz CT molecular complexity index is 1330. The zero-order chi connectivity index (χ0) is 26.8. The van der Waals surface area contributed by atoms with Crippen LogP contribution in [0, 0.1) is 5.92 Å². The first kappa shape index (κ1) is 28.1. The van der Waals surface area contributed by atoms with Crippen LogP contribution in [0.15, 0.2) is 65.8 Å². The van der Waals surface area contributed by atoms with Crippen molar-refractivity contribution in [2.75, 3.05) is 5.32 Å². The summed E-state index contributed by atoms with van der Waals surface area (Å²) >= 11 is 6.55. The highest BCUT2D eigenvalue weighted by Gasteiger charge is 2.12. The number of anilines is 2. The second-order valence-electron chi connectivity index (χ2n) is 9.17. The van der Waals surface area contributed by atoms with E-state index in [0.29, 0.717) is 33.7 Å². The van der Waals surface area contributed by atoms with Gasteiger partial charge in [0, 0.05) is 23.5 Å². The van der Waals surface area contributed by atoms with Gasteiger partial charge in [-0.3, -0.25) is 9.79 Å². The zero-order valence-corrected chi connectivity index (χ0v) is 22.9. The molecule has 1 aromatic carbocycles. The number of H-pyrrole nitrogens is 1. The van der Waals surface area contributed by atoms with E-state index in [1.165, 1.54) is 19.3 Å². The largest absolute Gasteiger partial charge is 0.351 e. The fraction of sp³-hybridized carbons (Fsp3) is 0.333. The van der Waals surface area contributed by atoms with Gasteiger partial charge >= 0.3 is 0 Å². The fourth-order valence-electron chi connectivity index (χ4n) is 4.22. The molecular weight excluding hydrogens is 482 g/mol. The molecule has 0 saturated heterocycles. The van der Waals surface area contributed by atoms with Crippen LogP contribution in [0.2, 0.25) is 5.02 Å². The predicted molar refractivity (Wildman–Crippen MR) is 157 cm³/mol. The molecule has 0 fully saturated rings. The molecule has 2 N–H and O–H groups in total. The van der Waals surface area contributed by atoms with Gasteiger partial charge in [0.25, 0.3) is 0 Å². The Morgan fingerprint density at radius 1 is 1.27 bits per heavy atom. The van der Waals surface area contributed by atoms with Crippen LogP contribution < -0.4 is 5.32 Å². The lowest BCUT2D eigenvalue weighted by atomic mass is 9.95. The van der Waals surface area contributed by atoms with Crippen LogP contribution in [-0.4, -0.2) is 26.9 Å². The highest BCUT2D eigenvalue weighted by molar-refractivity contribution is 6.35. The van der Waals surface area contributed by atoms with Crippen molar-refractivity contribution in [2.24, 2.45) is 10.9 Å². The molecule has 0 radical (unpaired) electrons. The highest BCUT2D eigenvalue weighted by atomic mass is 35.5. The number of allylic oxidation sites excluding steroid dienone is 4. The van der Waals surface area contributed by atoms with Gasteiger partial charge in [0.15, 0.2) is 0 Å². The van der Waals surface area contributed by atoms with Crippen molar-refractivity contribution in [3.63, 3.8) is 0 Å². The molecule has 0 aliphatic rings. The van der Waals surface area contributed by atoms with Gasteiger partial charge in [0.1, 0.15) is 0 Å². The van der Waals surface area contributed by atoms with E-state index in [2.05, 4.69) is 45.7 Å². The minimum Gasteiger partial charge on any atom is -0.351 e. The number of ketones is 1. The quantitative estimate of drug-likeness (QED) is 0.103. The third kappa shape index (κ3) is 7.99. The second kappa shape index (κ2) is 13.7. The lowest BCUT2D eigenvalue weighted by Crippen LogP contribution is -1.99. The SMILES string of the molecule is C=C(C)/C=C(\N=CC)c1ccnc(Nc2cc(Cl)c3[nH]c(C(=O)/C=C/CCC(CC)CCC)cc3c2)n1. The van der Waals surface area contributed by atoms with E-state index >= 15 is 0 Å². The smallest absolute Gasteiger partial charge is 0.227 e. The first-order valence-electron chi connectivity index (χ1n) is 12.8. The molecule has 0 bridgehead atoms. The van der Waals surface area contributed by atoms with Gasteiger partial charge in [-0.05, 0) is 69.0 Å². The first-order valence-corrected chi connectivity index (χ1v) is 13.2. The maximum Gasteiger partial charge on any atom is 0.227 e. The van der Waals surface area contributed by atoms with E-state index in [1.54, 1.807) is 30.6 Å². The minimum atomic E-state index is -0.0605. The maximum absolute atomic E-state index is 12.8. The molecular formula is C30H36ClN5O. The van der Waals surface area contributed by atoms with E-state index in [0.717, 1.165) is 35.2 Å². The van der Waals surface area contributed by atoms with Gasteiger partial charge in [0.2, 0.25) is 11.7 Å². The molecule has 7 heteroatoms. The highest BCUT2D eigenvalue weighted by Crippen LogP contribution is 2.30. The van der Waals surface area contributed by atoms with Crippen molar-refractivity contribution >= 4 is 51.8 Å². The molecule has 0 amide bonds. The molecule has 3 aromatic rings. The Balaban J connectivity index is 1.77. The number of carbonyl (C=O) groups is 1. The standard InChI is InChI=1S/C30H36ClN5O/c1-6-11-21(7-2)12-9-10-13-28(37)27-18-22-17-23(19-24(31)29(22)35-27)34-30-33-15-14-25(36-30)26(32-8-3)16-20(4)5/h8,10,13-19,21,35H,4,6-7,9,11-12H2,1-3,5H3,(H,33,34,36)/b13-10+,26-16-,32-8?. The van der Waals surface area contributed by atoms with Crippen LogP contribution in [0.25, 0.3) is 16.6 Å². The molecule has 0 aliphatic heterocycles. The van der Waals surface area contributed by atoms with Crippen LogP contribution >= 0.6 is 11.6 Å². The Kier molecular flexibility index (Phi) is 10.4. The molecule has 3 rings (SSSR count). The number of hydrogen-bond donors (Lipinski definition) is 2. The first-order chi connectivity index (χ1) is 17.8. The summed E-state index contributed by atoms with van der Waals surface area (Å²) < 4.78 is 0. The fourth-order valence-corrected chi connectivity index (χ4v) is 4.49. The van der Waals surface area contributed by atoms with Crippen molar-refractivity contribution < 1.29 is 4.79 Å². The molecule has 2 heterocycles.